The Hall–Kier alpha value is -3.87. The number of methoxy groups -OCH3 is 1. The number of aromatic hydroxyl groups is 2. The first-order valence-electron chi connectivity index (χ1n) is 29.3. The molecule has 0 spiro atoms. The molecule has 0 radical (unpaired) electrons. The van der Waals surface area contributed by atoms with E-state index in [2.05, 4.69) is 10.6 Å². The first-order valence-corrected chi connectivity index (χ1v) is 30.4. The average Bonchev–Trinajstić information content (AvgIpc) is 1.03. The average molecular weight is 1300 g/mol. The number of rotatable bonds is 20. The molecule has 5 fully saturated rings. The van der Waals surface area contributed by atoms with E-state index in [1.807, 2.05) is 0 Å². The molecule has 31 heteroatoms. The Labute approximate surface area is 517 Å². The fourth-order valence-corrected chi connectivity index (χ4v) is 12.1. The normalized spacial score (nSPS) is 38.0. The number of hydrogen-bond donors (Lipinski definition) is 12. The third-order valence-electron chi connectivity index (χ3n) is 16.9. The molecule has 0 bridgehead atoms. The van der Waals surface area contributed by atoms with Gasteiger partial charge in [0.2, 0.25) is 6.29 Å². The van der Waals surface area contributed by atoms with Gasteiger partial charge in [0.05, 0.1) is 89.4 Å². The Morgan fingerprint density at radius 2 is 1.26 bits per heavy atom. The maximum atomic E-state index is 15.0. The van der Waals surface area contributed by atoms with E-state index in [1.165, 1.54) is 46.9 Å². The summed E-state index contributed by atoms with van der Waals surface area (Å²) < 4.78 is 66.5. The molecule has 2 aromatic carbocycles. The van der Waals surface area contributed by atoms with Gasteiger partial charge in [-0.15, -0.1) is 28.1 Å². The van der Waals surface area contributed by atoms with Crippen LogP contribution in [0.25, 0.3) is 10.8 Å². The molecule has 498 valence electrons. The molecule has 0 saturated carbocycles. The Kier molecular flexibility index (Phi) is 25.0. The van der Waals surface area contributed by atoms with Crippen molar-refractivity contribution in [3.8, 4) is 17.2 Å². The molecule has 5 heterocycles. The second-order valence-corrected chi connectivity index (χ2v) is 24.3. The number of carbonyl (C=O) groups is 3. The molecule has 1 unspecified atom stereocenters. The lowest BCUT2D eigenvalue weighted by molar-refractivity contribution is -0.334. The molecule has 6 aliphatic rings. The van der Waals surface area contributed by atoms with Crippen LogP contribution in [-0.4, -0.2) is 258 Å². The third kappa shape index (κ3) is 16.3. The molecule has 1 aliphatic carbocycles. The molecule has 25 atom stereocenters. The number of benzene rings is 2. The highest BCUT2D eigenvalue weighted by Crippen LogP contribution is 2.48. The zero-order valence-corrected chi connectivity index (χ0v) is 51.8. The van der Waals surface area contributed by atoms with Gasteiger partial charge in [-0.2, -0.15) is 5.01 Å². The van der Waals surface area contributed by atoms with E-state index in [-0.39, 0.29) is 84.2 Å². The van der Waals surface area contributed by atoms with Crippen molar-refractivity contribution in [3.05, 3.63) is 33.7 Å². The number of nitroso groups, excluding NO2 is 1. The van der Waals surface area contributed by atoms with Crippen LogP contribution in [0.15, 0.2) is 17.4 Å². The summed E-state index contributed by atoms with van der Waals surface area (Å²) in [6.07, 6.45) is -27.0. The molecule has 5 aliphatic heterocycles. The van der Waals surface area contributed by atoms with Crippen molar-refractivity contribution < 1.29 is 123 Å². The number of nitrogens with one attached hydrogen (secondary N) is 1. The van der Waals surface area contributed by atoms with Gasteiger partial charge in [0.25, 0.3) is 0 Å². The lowest BCUT2D eigenvalue weighted by Crippen LogP contribution is -2.58. The quantitative estimate of drug-likeness (QED) is 0.0498. The molecule has 2 amide bonds. The van der Waals surface area contributed by atoms with Gasteiger partial charge in [0, 0.05) is 69.0 Å². The van der Waals surface area contributed by atoms with Crippen molar-refractivity contribution in [3.63, 3.8) is 0 Å². The maximum Gasteiger partial charge on any atom is 0.340 e. The number of aliphatic hydroxyl groups is 9. The summed E-state index contributed by atoms with van der Waals surface area (Å²) in [7, 11) is 1.18. The van der Waals surface area contributed by atoms with Gasteiger partial charge < -0.3 is 114 Å². The number of ketones is 2. The number of ether oxygens (including phenoxy) is 11. The molecule has 0 aromatic heterocycles. The van der Waals surface area contributed by atoms with Crippen molar-refractivity contribution in [1.82, 2.24) is 10.3 Å². The monoisotopic (exact) mass is 1300 g/mol. The predicted octanol–water partition coefficient (Wildman–Crippen LogP) is 0.908. The van der Waals surface area contributed by atoms with E-state index in [1.54, 1.807) is 27.7 Å². The molecule has 8 rings (SSSR count). The maximum absolute atomic E-state index is 15.0. The minimum absolute atomic E-state index is 0.0365. The fourth-order valence-electron chi connectivity index (χ4n) is 11.8. The Morgan fingerprint density at radius 1 is 0.750 bits per heavy atom. The highest BCUT2D eigenvalue weighted by Gasteiger charge is 2.52. The van der Waals surface area contributed by atoms with E-state index < -0.39 is 182 Å². The Morgan fingerprint density at radius 3 is 1.77 bits per heavy atom. The minimum atomic E-state index is -1.95. The largest absolute Gasteiger partial charge is 0.507 e. The summed E-state index contributed by atoms with van der Waals surface area (Å²) in [4.78, 5) is 49.9. The summed E-state index contributed by atoms with van der Waals surface area (Å²) in [5.74, 6) is -3.61. The smallest absolute Gasteiger partial charge is 0.340 e. The summed E-state index contributed by atoms with van der Waals surface area (Å²) in [5, 5.41) is 126. The van der Waals surface area contributed by atoms with Crippen molar-refractivity contribution in [2.45, 2.75) is 241 Å². The number of amides is 2. The molecule has 29 nitrogen and oxygen atoms in total. The first-order chi connectivity index (χ1) is 41.4. The summed E-state index contributed by atoms with van der Waals surface area (Å²) in [6.45, 7) is 12.5. The van der Waals surface area contributed by atoms with E-state index in [0.29, 0.717) is 17.4 Å². The van der Waals surface area contributed by atoms with Gasteiger partial charge in [-0.1, -0.05) is 0 Å². The number of nitrogens with zero attached hydrogens (tertiary/aromatic N) is 2. The van der Waals surface area contributed by atoms with E-state index >= 15 is 4.79 Å². The topological polar surface area (TPSA) is 420 Å². The van der Waals surface area contributed by atoms with E-state index in [0.717, 1.165) is 0 Å². The van der Waals surface area contributed by atoms with Crippen LogP contribution >= 0.6 is 23.2 Å². The number of phenols is 2. The molecule has 12 N–H and O–H groups in total. The fraction of sp³-hybridized carbons (Fsp3) is 0.772. The third-order valence-corrected chi connectivity index (χ3v) is 17.2. The van der Waals surface area contributed by atoms with Crippen molar-refractivity contribution in [2.24, 2.45) is 11.2 Å². The van der Waals surface area contributed by atoms with Crippen LogP contribution in [0, 0.1) is 17.7 Å². The number of alkyl halides is 2. The summed E-state index contributed by atoms with van der Waals surface area (Å²) >= 11 is 10.6. The number of phenolic OH excluding ortho intramolecular Hbond substituents is 2. The van der Waals surface area contributed by atoms with Crippen LogP contribution < -0.4 is 10.1 Å². The van der Waals surface area contributed by atoms with Crippen molar-refractivity contribution >= 4 is 51.6 Å². The van der Waals surface area contributed by atoms with Crippen LogP contribution in [0.1, 0.15) is 102 Å². The van der Waals surface area contributed by atoms with Gasteiger partial charge >= 0.3 is 6.03 Å². The standard InChI is InChI=1S/C52H76O24.C5H9Cl2N3O2/c1-18-29(72-34-14-30(43(58)21(4)68-34)73-33-13-28(54)42(57)20(3)67-33)12-26-10-25-11-27(49(66-9)48(63)41(56)19(2)53)50(47(62)39(25)46(61)38(26)40(18)55)76-36-16-31(44(59)23(6)70-36)74-35-15-32(45(60)22(5)69-35)75-37-17-52(8,65)51(64)24(7)71-37;6-1-3-8-5(11)10(9-12)4-2-7/h10,12,19-24,27-28,30-37,41-45,49-51,53-61,64-65H,11,13-17H2,1-9H3;1-4H2,(H,8,11)/t19-,20-,21-,22-,23-,24-,27?,28-,30-,31-,32-,33+,34+,35+,36+,37+,41+,42-,43+,44-,45-,49+,50+,51-,52+;/m1./s1. The highest BCUT2D eigenvalue weighted by atomic mass is 35.5. The second kappa shape index (κ2) is 30.7. The second-order valence-electron chi connectivity index (χ2n) is 23.5. The number of carbonyl (C=O) groups excluding carboxylic acids is 3. The summed E-state index contributed by atoms with van der Waals surface area (Å²) in [6, 6.07) is 2.45. The zero-order chi connectivity index (χ0) is 65.0. The van der Waals surface area contributed by atoms with Crippen LogP contribution in [-0.2, 0) is 58.6 Å². The van der Waals surface area contributed by atoms with Gasteiger partial charge in [-0.05, 0) is 84.9 Å². The Bertz CT molecular complexity index is 2690. The zero-order valence-electron chi connectivity index (χ0n) is 50.3. The number of urea groups is 1. The van der Waals surface area contributed by atoms with Crippen LogP contribution in [0.4, 0.5) is 4.79 Å². The van der Waals surface area contributed by atoms with Crippen LogP contribution in [0.5, 0.6) is 17.2 Å². The molecule has 5 saturated heterocycles. The van der Waals surface area contributed by atoms with Crippen molar-refractivity contribution in [1.29, 1.82) is 0 Å². The number of aliphatic hydroxyl groups excluding tert-OH is 8. The van der Waals surface area contributed by atoms with E-state index in [9.17, 15) is 70.7 Å². The molecule has 2 aromatic rings. The van der Waals surface area contributed by atoms with E-state index in [4.69, 9.17) is 75.3 Å². The Balaban J connectivity index is 0.000000830. The number of Topliss-reactive ketones (excluding diaryl/α,β-unsaturated/α-hetero) is 2. The highest BCUT2D eigenvalue weighted by molar-refractivity contribution is 6.18. The first kappa shape index (κ1) is 71.6. The number of hydrogen-bond acceptors (Lipinski definition) is 27. The van der Waals surface area contributed by atoms with Crippen LogP contribution in [0.3, 0.4) is 0 Å². The minimum Gasteiger partial charge on any atom is -0.507 e. The van der Waals surface area contributed by atoms with Crippen LogP contribution in [0.2, 0.25) is 0 Å². The molecular weight excluding hydrogens is 1210 g/mol. The lowest BCUT2D eigenvalue weighted by Gasteiger charge is -2.46. The predicted molar refractivity (Wildman–Crippen MR) is 306 cm³/mol. The van der Waals surface area contributed by atoms with Crippen molar-refractivity contribution in [2.75, 3.05) is 32.0 Å². The molecule has 88 heavy (non-hydrogen) atoms. The number of fused-ring (bicyclic) bond motifs is 2. The SMILES string of the molecule is CO[C@H](C(=O)[C@@H](O)[C@@H](C)O)C1Cc2cc3cc(O[C@H]4C[C@@H](O[C@H]5C[C@@H](O)[C@H](O)[C@@H](C)O5)[C@@H](O)[C@@H](C)O4)c(C)c(O)c3c(O)c2C(=O)[C@H]1O[C@H]1C[C@@H](O[C@H]2C[C@@H](O[C@H]3C[C@](C)(O)[C@H](O)[C@@H](C)O3)[C@H](O)[C@@H](C)O2)[C@H](O)[C@@H](C)O1.O=NN(CCCl)C(=O)NCCCl. The number of halogens is 2. The lowest BCUT2D eigenvalue weighted by atomic mass is 9.75. The van der Waals surface area contributed by atoms with Gasteiger partial charge in [-0.25, -0.2) is 4.79 Å². The van der Waals surface area contributed by atoms with Gasteiger partial charge in [0.1, 0.15) is 66.1 Å². The van der Waals surface area contributed by atoms with Gasteiger partial charge in [0.15, 0.2) is 36.7 Å². The summed E-state index contributed by atoms with van der Waals surface area (Å²) in [5.41, 5.74) is -1.47. The molecular formula is C57H85Cl2N3O26. The van der Waals surface area contributed by atoms with Gasteiger partial charge in [-0.3, -0.25) is 9.59 Å².